The van der Waals surface area contributed by atoms with E-state index in [0.717, 1.165) is 83.5 Å². The van der Waals surface area contributed by atoms with Crippen LogP contribution in [0.2, 0.25) is 0 Å². The summed E-state index contributed by atoms with van der Waals surface area (Å²) < 4.78 is 5.84. The molecule has 0 spiro atoms. The lowest BCUT2D eigenvalue weighted by Crippen LogP contribution is -2.46. The maximum atomic E-state index is 13.2. The molecule has 6 nitrogen and oxygen atoms in total. The van der Waals surface area contributed by atoms with Gasteiger partial charge in [0.1, 0.15) is 6.10 Å². The molecule has 0 aromatic rings. The fourth-order valence-electron chi connectivity index (χ4n) is 6.66. The highest BCUT2D eigenvalue weighted by molar-refractivity contribution is 5.77. The van der Waals surface area contributed by atoms with Crippen LogP contribution in [-0.4, -0.2) is 46.9 Å². The van der Waals surface area contributed by atoms with Crippen molar-refractivity contribution in [3.8, 4) is 0 Å². The Morgan fingerprint density at radius 1 is 0.508 bits per heavy atom. The number of unbranched alkanes of at least 4 members (excludes halogenated alkanes) is 14. The number of aliphatic hydroxyl groups is 2. The molecule has 0 aliphatic heterocycles. The molecule has 0 bridgehead atoms. The van der Waals surface area contributed by atoms with Crippen LogP contribution < -0.4 is 5.32 Å². The summed E-state index contributed by atoms with van der Waals surface area (Å²) in [5, 5.41) is 23.7. The van der Waals surface area contributed by atoms with Gasteiger partial charge in [0, 0.05) is 12.8 Å². The molecule has 354 valence electrons. The van der Waals surface area contributed by atoms with Crippen LogP contribution >= 0.6 is 0 Å². The molecule has 0 saturated heterocycles. The third kappa shape index (κ3) is 44.4. The van der Waals surface area contributed by atoms with Crippen molar-refractivity contribution in [1.29, 1.82) is 0 Å². The highest BCUT2D eigenvalue weighted by atomic mass is 16.5. The van der Waals surface area contributed by atoms with E-state index in [4.69, 9.17) is 4.74 Å². The Morgan fingerprint density at radius 2 is 0.952 bits per heavy atom. The Bertz CT molecular complexity index is 1390. The van der Waals surface area contributed by atoms with Gasteiger partial charge in [0.2, 0.25) is 5.91 Å². The number of rotatable bonds is 42. The number of aliphatic hydroxyl groups excluding tert-OH is 2. The van der Waals surface area contributed by atoms with Gasteiger partial charge in [-0.1, -0.05) is 238 Å². The summed E-state index contributed by atoms with van der Waals surface area (Å²) in [6, 6.07) is -0.751. The minimum atomic E-state index is -0.829. The summed E-state index contributed by atoms with van der Waals surface area (Å²) in [4.78, 5) is 26.1. The molecule has 63 heavy (non-hydrogen) atoms. The first-order chi connectivity index (χ1) is 31.0. The van der Waals surface area contributed by atoms with Crippen LogP contribution in [0.25, 0.3) is 0 Å². The highest BCUT2D eigenvalue weighted by Gasteiger charge is 2.23. The second kappa shape index (κ2) is 49.0. The van der Waals surface area contributed by atoms with E-state index in [1.54, 1.807) is 0 Å². The van der Waals surface area contributed by atoms with E-state index in [2.05, 4.69) is 86.8 Å². The number of allylic oxidation sites excluding steroid dienone is 21. The molecule has 0 saturated carbocycles. The number of hydrogen-bond acceptors (Lipinski definition) is 5. The second-order valence-corrected chi connectivity index (χ2v) is 16.3. The molecular formula is C57H91NO5. The van der Waals surface area contributed by atoms with Crippen LogP contribution in [0, 0.1) is 0 Å². The minimum Gasteiger partial charge on any atom is -0.461 e. The van der Waals surface area contributed by atoms with Crippen molar-refractivity contribution in [2.75, 3.05) is 6.61 Å². The fraction of sp³-hybridized carbons (Fsp3) is 0.579. The van der Waals surface area contributed by atoms with Crippen molar-refractivity contribution >= 4 is 11.9 Å². The summed E-state index contributed by atoms with van der Waals surface area (Å²) in [6.45, 7) is 6.16. The molecule has 0 aliphatic rings. The predicted molar refractivity (Wildman–Crippen MR) is 273 cm³/mol. The highest BCUT2D eigenvalue weighted by Crippen LogP contribution is 2.15. The van der Waals surface area contributed by atoms with Gasteiger partial charge in [0.15, 0.2) is 0 Å². The number of nitrogens with one attached hydrogen (secondary N) is 1. The summed E-state index contributed by atoms with van der Waals surface area (Å²) in [7, 11) is 0. The van der Waals surface area contributed by atoms with Crippen molar-refractivity contribution in [2.45, 2.75) is 206 Å². The smallest absolute Gasteiger partial charge is 0.306 e. The number of hydrogen-bond donors (Lipinski definition) is 3. The number of ether oxygens (including phenoxy) is 1. The molecule has 1 amide bonds. The average molecular weight is 870 g/mol. The molecule has 3 N–H and O–H groups in total. The van der Waals surface area contributed by atoms with Gasteiger partial charge in [-0.3, -0.25) is 9.59 Å². The van der Waals surface area contributed by atoms with Crippen LogP contribution in [-0.2, 0) is 14.3 Å². The van der Waals surface area contributed by atoms with Gasteiger partial charge in [-0.2, -0.15) is 0 Å². The summed E-state index contributed by atoms with van der Waals surface area (Å²) in [5.74, 6) is -0.647. The molecule has 6 heteroatoms. The molecule has 0 aliphatic carbocycles. The number of carbonyl (C=O) groups is 2. The summed E-state index contributed by atoms with van der Waals surface area (Å²) in [5.41, 5.74) is 0. The molecule has 0 aromatic heterocycles. The van der Waals surface area contributed by atoms with E-state index in [0.29, 0.717) is 19.3 Å². The van der Waals surface area contributed by atoms with Gasteiger partial charge >= 0.3 is 5.97 Å². The lowest BCUT2D eigenvalue weighted by Gasteiger charge is -2.24. The standard InChI is InChI=1S/C57H91NO5/c1-4-7-10-13-16-19-22-25-27-28-30-32-35-38-41-44-47-50-57(62)63-53(48-45-42-39-36-33-31-29-26-23-20-17-14-11-8-5-2)51-56(61)58-54(52-59)55(60)49-46-43-40-37-34-24-21-18-15-12-9-6-3/h7-8,10-11,13,16-17,19-20,22,25-30,32-33,35-36,42,45,53-55,59-60H,4-6,9,12,14-15,18,21,23-24,31,34,37-41,43-44,46-52H2,1-3H3,(H,58,61)/b10-7-,11-8-,16-13+,20-17-,22-19+,27-25-,29-26-,30-28+,35-32+,36-33-,45-42-. The zero-order chi connectivity index (χ0) is 45.9. The van der Waals surface area contributed by atoms with E-state index >= 15 is 0 Å². The van der Waals surface area contributed by atoms with E-state index in [-0.39, 0.29) is 24.9 Å². The van der Waals surface area contributed by atoms with E-state index < -0.39 is 18.2 Å². The molecule has 0 rings (SSSR count). The Hall–Kier alpha value is -4.00. The third-order valence-corrected chi connectivity index (χ3v) is 10.4. The van der Waals surface area contributed by atoms with Crippen LogP contribution in [0.5, 0.6) is 0 Å². The lowest BCUT2D eigenvalue weighted by atomic mass is 10.0. The largest absolute Gasteiger partial charge is 0.461 e. The second-order valence-electron chi connectivity index (χ2n) is 16.3. The lowest BCUT2D eigenvalue weighted by molar-refractivity contribution is -0.150. The van der Waals surface area contributed by atoms with Crippen molar-refractivity contribution in [2.24, 2.45) is 0 Å². The van der Waals surface area contributed by atoms with E-state index in [9.17, 15) is 19.8 Å². The first kappa shape index (κ1) is 59.0. The van der Waals surface area contributed by atoms with Gasteiger partial charge < -0.3 is 20.3 Å². The molecule has 0 radical (unpaired) electrons. The third-order valence-electron chi connectivity index (χ3n) is 10.4. The zero-order valence-corrected chi connectivity index (χ0v) is 40.1. The SMILES string of the molecule is CC\C=C/C=C/C=C/C=C\C=C\C=C\CCCCCC(=O)OC(C/C=C\C/C=C\C/C=C\C/C=C\C/C=C\CC)CC(=O)NC(CO)C(O)CCCCCCCCCCCCCC. The van der Waals surface area contributed by atoms with Gasteiger partial charge in [0.05, 0.1) is 25.2 Å². The van der Waals surface area contributed by atoms with Gasteiger partial charge in [-0.05, 0) is 64.2 Å². The van der Waals surface area contributed by atoms with Crippen LogP contribution in [0.4, 0.5) is 0 Å². The topological polar surface area (TPSA) is 95.9 Å². The van der Waals surface area contributed by atoms with Crippen molar-refractivity contribution < 1.29 is 24.5 Å². The maximum absolute atomic E-state index is 13.2. The Labute approximate surface area is 386 Å². The first-order valence-electron chi connectivity index (χ1n) is 25.0. The summed E-state index contributed by atoms with van der Waals surface area (Å²) in [6.07, 6.45) is 69.5. The van der Waals surface area contributed by atoms with Crippen LogP contribution in [0.15, 0.2) is 134 Å². The Balaban J connectivity index is 4.87. The van der Waals surface area contributed by atoms with Crippen LogP contribution in [0.1, 0.15) is 188 Å². The number of carbonyl (C=O) groups excluding carboxylic acids is 2. The number of amides is 1. The maximum Gasteiger partial charge on any atom is 0.306 e. The van der Waals surface area contributed by atoms with Gasteiger partial charge in [0.25, 0.3) is 0 Å². The quantitative estimate of drug-likeness (QED) is 0.0246. The Morgan fingerprint density at radius 3 is 1.46 bits per heavy atom. The number of esters is 1. The summed E-state index contributed by atoms with van der Waals surface area (Å²) >= 11 is 0. The van der Waals surface area contributed by atoms with Gasteiger partial charge in [-0.15, -0.1) is 0 Å². The van der Waals surface area contributed by atoms with Crippen molar-refractivity contribution in [3.05, 3.63) is 134 Å². The van der Waals surface area contributed by atoms with Crippen molar-refractivity contribution in [1.82, 2.24) is 5.32 Å². The molecule has 0 aromatic carbocycles. The molecule has 3 atom stereocenters. The van der Waals surface area contributed by atoms with E-state index in [1.807, 2.05) is 72.9 Å². The molecule has 0 fully saturated rings. The van der Waals surface area contributed by atoms with E-state index in [1.165, 1.54) is 57.8 Å². The fourth-order valence-corrected chi connectivity index (χ4v) is 6.66. The van der Waals surface area contributed by atoms with Crippen molar-refractivity contribution in [3.63, 3.8) is 0 Å². The van der Waals surface area contributed by atoms with Crippen LogP contribution in [0.3, 0.4) is 0 Å². The predicted octanol–water partition coefficient (Wildman–Crippen LogP) is 15.1. The Kier molecular flexibility index (Phi) is 45.9. The van der Waals surface area contributed by atoms with Gasteiger partial charge in [-0.25, -0.2) is 0 Å². The molecule has 3 unspecified atom stereocenters. The monoisotopic (exact) mass is 870 g/mol. The molecular weight excluding hydrogens is 779 g/mol. The minimum absolute atomic E-state index is 0.0284. The zero-order valence-electron chi connectivity index (χ0n) is 40.1. The normalized spacial score (nSPS) is 14.4. The molecule has 0 heterocycles. The first-order valence-corrected chi connectivity index (χ1v) is 25.0. The average Bonchev–Trinajstić information content (AvgIpc) is 3.28.